The minimum absolute atomic E-state index is 0.203. The van der Waals surface area contributed by atoms with Gasteiger partial charge in [0.05, 0.1) is 17.6 Å². The number of nitrogens with zero attached hydrogens (tertiary/aromatic N) is 3. The van der Waals surface area contributed by atoms with E-state index in [-0.39, 0.29) is 12.8 Å². The molecule has 32 heavy (non-hydrogen) atoms. The molecule has 0 spiro atoms. The molecule has 2 aromatic carbocycles. The second-order valence-electron chi connectivity index (χ2n) is 7.47. The zero-order valence-corrected chi connectivity index (χ0v) is 17.8. The number of nitrogens with one attached hydrogen (secondary N) is 1. The number of fused-ring (bicyclic) bond motifs is 1. The van der Waals surface area contributed by atoms with Crippen LogP contribution in [0, 0.1) is 0 Å². The van der Waals surface area contributed by atoms with Gasteiger partial charge in [-0.1, -0.05) is 35.9 Å². The molecule has 0 saturated heterocycles. The fourth-order valence-corrected chi connectivity index (χ4v) is 3.50. The lowest BCUT2D eigenvalue weighted by atomic mass is 10.1. The monoisotopic (exact) mass is 451 g/mol. The van der Waals surface area contributed by atoms with E-state index in [2.05, 4.69) is 15.4 Å². The highest BCUT2D eigenvalue weighted by Crippen LogP contribution is 2.20. The molecular formula is C23H22ClN5O3. The highest BCUT2D eigenvalue weighted by Gasteiger charge is 2.14. The largest absolute Gasteiger partial charge is 0.480 e. The Labute approximate surface area is 189 Å². The predicted octanol–water partition coefficient (Wildman–Crippen LogP) is 2.98. The Morgan fingerprint density at radius 1 is 1.12 bits per heavy atom. The Hall–Kier alpha value is -3.46. The normalized spacial score (nSPS) is 13.1. The Morgan fingerprint density at radius 3 is 2.66 bits per heavy atom. The van der Waals surface area contributed by atoms with Gasteiger partial charge in [-0.25, -0.2) is 9.50 Å². The van der Waals surface area contributed by atoms with Gasteiger partial charge >= 0.3 is 5.97 Å². The van der Waals surface area contributed by atoms with Gasteiger partial charge in [0.15, 0.2) is 5.65 Å². The molecule has 0 bridgehead atoms. The number of halogens is 1. The van der Waals surface area contributed by atoms with Crippen molar-refractivity contribution in [1.29, 1.82) is 0 Å². The number of hydrogen-bond donors (Lipinski definition) is 4. The summed E-state index contributed by atoms with van der Waals surface area (Å²) in [7, 11) is 0. The van der Waals surface area contributed by atoms with Gasteiger partial charge in [0.25, 0.3) is 0 Å². The fourth-order valence-electron chi connectivity index (χ4n) is 3.37. The van der Waals surface area contributed by atoms with Crippen molar-refractivity contribution in [3.8, 4) is 11.3 Å². The van der Waals surface area contributed by atoms with Crippen LogP contribution in [0.5, 0.6) is 0 Å². The van der Waals surface area contributed by atoms with Crippen LogP contribution in [-0.4, -0.2) is 43.1 Å². The zero-order valence-electron chi connectivity index (χ0n) is 17.0. The van der Waals surface area contributed by atoms with E-state index >= 15 is 0 Å². The molecular weight excluding hydrogens is 430 g/mol. The lowest BCUT2D eigenvalue weighted by Gasteiger charge is -2.14. The van der Waals surface area contributed by atoms with Gasteiger partial charge in [-0.2, -0.15) is 5.10 Å². The average molecular weight is 452 g/mol. The summed E-state index contributed by atoms with van der Waals surface area (Å²) in [5.74, 6) is -1.05. The van der Waals surface area contributed by atoms with Gasteiger partial charge in [-0.05, 0) is 48.4 Å². The van der Waals surface area contributed by atoms with E-state index in [9.17, 15) is 9.90 Å². The number of imidazole rings is 1. The number of carboxylic acids is 1. The van der Waals surface area contributed by atoms with Gasteiger partial charge in [-0.3, -0.25) is 4.79 Å². The first kappa shape index (κ1) is 21.8. The molecule has 0 fully saturated rings. The molecule has 2 atom stereocenters. The summed E-state index contributed by atoms with van der Waals surface area (Å²) in [6, 6.07) is 17.4. The van der Waals surface area contributed by atoms with Crippen LogP contribution in [-0.2, 0) is 17.6 Å². The van der Waals surface area contributed by atoms with Crippen molar-refractivity contribution in [3.05, 3.63) is 83.1 Å². The number of aliphatic hydroxyl groups excluding tert-OH is 1. The van der Waals surface area contributed by atoms with E-state index in [1.165, 1.54) is 0 Å². The van der Waals surface area contributed by atoms with Crippen molar-refractivity contribution in [2.75, 3.05) is 5.32 Å². The number of anilines is 1. The average Bonchev–Trinajstić information content (AvgIpc) is 3.15. The highest BCUT2D eigenvalue weighted by molar-refractivity contribution is 6.30. The molecule has 0 radical (unpaired) electrons. The van der Waals surface area contributed by atoms with Crippen LogP contribution in [0.2, 0.25) is 5.02 Å². The van der Waals surface area contributed by atoms with Crippen molar-refractivity contribution in [2.45, 2.75) is 25.1 Å². The summed E-state index contributed by atoms with van der Waals surface area (Å²) in [6.45, 7) is 0. The fraction of sp³-hybridized carbons (Fsp3) is 0.174. The van der Waals surface area contributed by atoms with Crippen LogP contribution in [0.15, 0.2) is 66.9 Å². The van der Waals surface area contributed by atoms with Gasteiger partial charge in [0.2, 0.25) is 0 Å². The lowest BCUT2D eigenvalue weighted by Crippen LogP contribution is -2.32. The summed E-state index contributed by atoms with van der Waals surface area (Å²) in [6.07, 6.45) is 1.36. The molecule has 4 aromatic rings. The molecule has 5 N–H and O–H groups in total. The Kier molecular flexibility index (Phi) is 6.36. The van der Waals surface area contributed by atoms with E-state index in [1.807, 2.05) is 36.4 Å². The second-order valence-corrected chi connectivity index (χ2v) is 7.91. The van der Waals surface area contributed by atoms with E-state index in [0.717, 1.165) is 16.8 Å². The predicted molar refractivity (Wildman–Crippen MR) is 123 cm³/mol. The Balaban J connectivity index is 1.44. The van der Waals surface area contributed by atoms with Crippen molar-refractivity contribution < 1.29 is 15.0 Å². The third-order valence-corrected chi connectivity index (χ3v) is 5.20. The van der Waals surface area contributed by atoms with Gasteiger partial charge in [0.1, 0.15) is 12.3 Å². The molecule has 8 nitrogen and oxygen atoms in total. The summed E-state index contributed by atoms with van der Waals surface area (Å²) < 4.78 is 1.68. The molecule has 4 rings (SSSR count). The van der Waals surface area contributed by atoms with E-state index in [0.29, 0.717) is 22.1 Å². The van der Waals surface area contributed by atoms with E-state index in [4.69, 9.17) is 22.4 Å². The number of benzene rings is 2. The molecule has 1 unspecified atom stereocenters. The first-order valence-electron chi connectivity index (χ1n) is 10.0. The van der Waals surface area contributed by atoms with Crippen LogP contribution in [0.25, 0.3) is 16.9 Å². The van der Waals surface area contributed by atoms with Crippen LogP contribution < -0.4 is 11.1 Å². The van der Waals surface area contributed by atoms with Gasteiger partial charge in [0, 0.05) is 22.7 Å². The number of hydrogen-bond acceptors (Lipinski definition) is 6. The maximum atomic E-state index is 11.0. The maximum absolute atomic E-state index is 11.0. The van der Waals surface area contributed by atoms with Crippen molar-refractivity contribution in [3.63, 3.8) is 0 Å². The smallest absolute Gasteiger partial charge is 0.320 e. The number of aliphatic carboxylic acids is 1. The molecule has 0 aliphatic carbocycles. The molecule has 2 heterocycles. The molecule has 0 amide bonds. The second kappa shape index (κ2) is 9.35. The number of rotatable bonds is 8. The minimum Gasteiger partial charge on any atom is -0.480 e. The summed E-state index contributed by atoms with van der Waals surface area (Å²) in [5, 5.41) is 27.7. The third kappa shape index (κ3) is 5.23. The van der Waals surface area contributed by atoms with E-state index < -0.39 is 18.2 Å². The molecule has 0 saturated carbocycles. The van der Waals surface area contributed by atoms with Crippen molar-refractivity contribution >= 4 is 28.9 Å². The standard InChI is InChI=1S/C23H22ClN5O3/c24-16-6-4-15(5-7-16)20-8-9-21-26-18(13-29(21)28-20)12-22(30)27-17-3-1-2-14(10-17)11-19(25)23(31)32/h1-10,13,19,22,27,30H,11-12,25H2,(H,31,32)/t19-,22?/m0/s1. The number of carboxylic acid groups (broad SMARTS) is 1. The van der Waals surface area contributed by atoms with E-state index in [1.54, 1.807) is 35.0 Å². The first-order chi connectivity index (χ1) is 15.4. The number of carbonyl (C=O) groups is 1. The van der Waals surface area contributed by atoms with Crippen LogP contribution >= 0.6 is 11.6 Å². The SMILES string of the molecule is N[C@@H](Cc1cccc(NC(O)Cc2cn3nc(-c4ccc(Cl)cc4)ccc3n2)c1)C(=O)O. The first-order valence-corrected chi connectivity index (χ1v) is 10.4. The molecule has 0 aliphatic heterocycles. The van der Waals surface area contributed by atoms with Gasteiger partial charge < -0.3 is 21.3 Å². The molecule has 164 valence electrons. The van der Waals surface area contributed by atoms with Crippen LogP contribution in [0.1, 0.15) is 11.3 Å². The van der Waals surface area contributed by atoms with Crippen LogP contribution in [0.4, 0.5) is 5.69 Å². The summed E-state index contributed by atoms with van der Waals surface area (Å²) in [4.78, 5) is 15.5. The summed E-state index contributed by atoms with van der Waals surface area (Å²) in [5.41, 5.74) is 10.1. The number of aromatic nitrogens is 3. The third-order valence-electron chi connectivity index (χ3n) is 4.95. The zero-order chi connectivity index (χ0) is 22.7. The minimum atomic E-state index is -1.05. The van der Waals surface area contributed by atoms with Crippen LogP contribution in [0.3, 0.4) is 0 Å². The highest BCUT2D eigenvalue weighted by atomic mass is 35.5. The molecule has 0 aliphatic rings. The quantitative estimate of drug-likeness (QED) is 0.303. The number of nitrogens with two attached hydrogens (primary N) is 1. The maximum Gasteiger partial charge on any atom is 0.320 e. The molecule has 9 heteroatoms. The molecule has 2 aromatic heterocycles. The topological polar surface area (TPSA) is 126 Å². The van der Waals surface area contributed by atoms with Crippen molar-refractivity contribution in [2.24, 2.45) is 5.73 Å². The Morgan fingerprint density at radius 2 is 1.91 bits per heavy atom. The number of aliphatic hydroxyl groups is 1. The lowest BCUT2D eigenvalue weighted by molar-refractivity contribution is -0.138. The van der Waals surface area contributed by atoms with Gasteiger partial charge in [-0.15, -0.1) is 0 Å². The van der Waals surface area contributed by atoms with Crippen molar-refractivity contribution in [1.82, 2.24) is 14.6 Å². The summed E-state index contributed by atoms with van der Waals surface area (Å²) >= 11 is 5.95. The Bertz CT molecular complexity index is 1240.